The fourth-order valence-electron chi connectivity index (χ4n) is 3.05. The Labute approximate surface area is 162 Å². The molecule has 6 heteroatoms. The molecule has 1 heterocycles. The van der Waals surface area contributed by atoms with Crippen LogP contribution in [-0.2, 0) is 10.0 Å². The topological polar surface area (TPSA) is 59.1 Å². The van der Waals surface area contributed by atoms with Gasteiger partial charge in [0, 0.05) is 10.9 Å². The number of nitrogens with zero attached hydrogens (tertiary/aromatic N) is 1. The largest absolute Gasteiger partial charge is 0.279 e. The molecule has 4 rings (SSSR count). The summed E-state index contributed by atoms with van der Waals surface area (Å²) < 4.78 is 41.8. The van der Waals surface area contributed by atoms with Gasteiger partial charge in [0.1, 0.15) is 10.7 Å². The first-order valence-corrected chi connectivity index (χ1v) is 10.2. The Hall–Kier alpha value is -3.25. The number of pyridine rings is 1. The first-order chi connectivity index (χ1) is 13.4. The zero-order valence-electron chi connectivity index (χ0n) is 15.1. The van der Waals surface area contributed by atoms with Crippen molar-refractivity contribution in [2.24, 2.45) is 0 Å². The summed E-state index contributed by atoms with van der Waals surface area (Å²) in [7, 11) is -4.08. The molecule has 140 valence electrons. The molecule has 0 saturated heterocycles. The number of halogens is 1. The van der Waals surface area contributed by atoms with E-state index in [9.17, 15) is 12.8 Å². The summed E-state index contributed by atoms with van der Waals surface area (Å²) in [4.78, 5) is 4.26. The molecule has 0 aliphatic carbocycles. The quantitative estimate of drug-likeness (QED) is 0.522. The van der Waals surface area contributed by atoms with Gasteiger partial charge in [-0.2, -0.15) is 0 Å². The van der Waals surface area contributed by atoms with Gasteiger partial charge in [-0.3, -0.25) is 4.72 Å². The lowest BCUT2D eigenvalue weighted by Crippen LogP contribution is -2.15. The highest BCUT2D eigenvalue weighted by atomic mass is 32.2. The van der Waals surface area contributed by atoms with Crippen LogP contribution in [0, 0.1) is 12.7 Å². The predicted molar refractivity (Wildman–Crippen MR) is 109 cm³/mol. The number of rotatable bonds is 4. The molecule has 0 unspecified atom stereocenters. The van der Waals surface area contributed by atoms with Gasteiger partial charge in [-0.05, 0) is 43.3 Å². The van der Waals surface area contributed by atoms with Crippen molar-refractivity contribution in [2.45, 2.75) is 11.8 Å². The molecule has 0 bridgehead atoms. The Morgan fingerprint density at radius 2 is 1.64 bits per heavy atom. The number of anilines is 1. The maximum atomic E-state index is 14.0. The average molecular weight is 392 g/mol. The minimum Gasteiger partial charge on any atom is -0.279 e. The van der Waals surface area contributed by atoms with Crippen LogP contribution < -0.4 is 4.72 Å². The standard InChI is InChI=1S/C22H17FN2O2S/c1-15-10-12-19-16(14-15)11-13-20(24-19)17-6-2-4-8-21(17)25-28(26,27)22-9-5-3-7-18(22)23/h2-14,25H,1H3. The highest BCUT2D eigenvalue weighted by molar-refractivity contribution is 7.92. The minimum absolute atomic E-state index is 0.338. The lowest BCUT2D eigenvalue weighted by Gasteiger charge is -2.13. The Morgan fingerprint density at radius 1 is 0.893 bits per heavy atom. The van der Waals surface area contributed by atoms with E-state index < -0.39 is 20.7 Å². The van der Waals surface area contributed by atoms with Crippen LogP contribution in [0.4, 0.5) is 10.1 Å². The Morgan fingerprint density at radius 3 is 2.46 bits per heavy atom. The van der Waals surface area contributed by atoms with Gasteiger partial charge in [0.2, 0.25) is 0 Å². The van der Waals surface area contributed by atoms with Crippen LogP contribution in [-0.4, -0.2) is 13.4 Å². The number of para-hydroxylation sites is 1. The van der Waals surface area contributed by atoms with Gasteiger partial charge < -0.3 is 0 Å². The van der Waals surface area contributed by atoms with E-state index in [0.29, 0.717) is 16.9 Å². The fraction of sp³-hybridized carbons (Fsp3) is 0.0455. The molecule has 1 N–H and O–H groups in total. The third kappa shape index (κ3) is 3.46. The summed E-state index contributed by atoms with van der Waals surface area (Å²) in [5.74, 6) is -0.799. The highest BCUT2D eigenvalue weighted by Crippen LogP contribution is 2.30. The van der Waals surface area contributed by atoms with Crippen LogP contribution in [0.5, 0.6) is 0 Å². The molecule has 0 saturated carbocycles. The molecule has 0 spiro atoms. The zero-order chi connectivity index (χ0) is 19.7. The van der Waals surface area contributed by atoms with Gasteiger partial charge >= 0.3 is 0 Å². The van der Waals surface area contributed by atoms with Crippen molar-refractivity contribution in [1.29, 1.82) is 0 Å². The zero-order valence-corrected chi connectivity index (χ0v) is 15.9. The van der Waals surface area contributed by atoms with E-state index in [1.807, 2.05) is 37.3 Å². The van der Waals surface area contributed by atoms with Crippen molar-refractivity contribution in [3.8, 4) is 11.3 Å². The average Bonchev–Trinajstić information content (AvgIpc) is 2.68. The van der Waals surface area contributed by atoms with Crippen molar-refractivity contribution in [1.82, 2.24) is 4.98 Å². The van der Waals surface area contributed by atoms with Gasteiger partial charge in [0.15, 0.2) is 0 Å². The molecule has 0 radical (unpaired) electrons. The molecule has 0 aliphatic rings. The van der Waals surface area contributed by atoms with Gasteiger partial charge in [-0.25, -0.2) is 17.8 Å². The SMILES string of the molecule is Cc1ccc2nc(-c3ccccc3NS(=O)(=O)c3ccccc3F)ccc2c1. The number of aromatic nitrogens is 1. The number of nitrogens with one attached hydrogen (secondary N) is 1. The van der Waals surface area contributed by atoms with Gasteiger partial charge in [0.05, 0.1) is 16.9 Å². The molecule has 1 aromatic heterocycles. The van der Waals surface area contributed by atoms with E-state index in [1.54, 1.807) is 24.3 Å². The second kappa shape index (κ2) is 7.05. The number of fused-ring (bicyclic) bond motifs is 1. The number of benzene rings is 3. The van der Waals surface area contributed by atoms with Crippen molar-refractivity contribution in [3.63, 3.8) is 0 Å². The van der Waals surface area contributed by atoms with Gasteiger partial charge in [0.25, 0.3) is 10.0 Å². The molecule has 28 heavy (non-hydrogen) atoms. The van der Waals surface area contributed by atoms with E-state index in [2.05, 4.69) is 9.71 Å². The monoisotopic (exact) mass is 392 g/mol. The summed E-state index contributed by atoms with van der Waals surface area (Å²) in [6.45, 7) is 2.01. The predicted octanol–water partition coefficient (Wildman–Crippen LogP) is 5.15. The summed E-state index contributed by atoms with van der Waals surface area (Å²) in [5.41, 5.74) is 3.53. The van der Waals surface area contributed by atoms with Gasteiger partial charge in [-0.1, -0.05) is 48.0 Å². The Balaban J connectivity index is 1.78. The van der Waals surface area contributed by atoms with Gasteiger partial charge in [-0.15, -0.1) is 0 Å². The van der Waals surface area contributed by atoms with Crippen LogP contribution in [0.1, 0.15) is 5.56 Å². The molecule has 0 atom stereocenters. The molecule has 3 aromatic carbocycles. The van der Waals surface area contributed by atoms with Crippen LogP contribution in [0.2, 0.25) is 0 Å². The van der Waals surface area contributed by atoms with E-state index in [-0.39, 0.29) is 0 Å². The van der Waals surface area contributed by atoms with Crippen molar-refractivity contribution < 1.29 is 12.8 Å². The first kappa shape index (κ1) is 18.1. The van der Waals surface area contributed by atoms with Crippen LogP contribution in [0.3, 0.4) is 0 Å². The summed E-state index contributed by atoms with van der Waals surface area (Å²) in [5, 5.41) is 1.01. The van der Waals surface area contributed by atoms with Crippen molar-refractivity contribution >= 4 is 26.6 Å². The van der Waals surface area contributed by atoms with Crippen molar-refractivity contribution in [3.05, 3.63) is 90.2 Å². The lowest BCUT2D eigenvalue weighted by atomic mass is 10.1. The van der Waals surface area contributed by atoms with Crippen LogP contribution in [0.15, 0.2) is 83.8 Å². The minimum atomic E-state index is -4.08. The summed E-state index contributed by atoms with van der Waals surface area (Å²) >= 11 is 0. The van der Waals surface area contributed by atoms with Crippen LogP contribution >= 0.6 is 0 Å². The van der Waals surface area contributed by atoms with E-state index in [0.717, 1.165) is 22.5 Å². The molecule has 0 fully saturated rings. The summed E-state index contributed by atoms with van der Waals surface area (Å²) in [6.07, 6.45) is 0. The van der Waals surface area contributed by atoms with E-state index in [1.165, 1.54) is 18.2 Å². The molecular formula is C22H17FN2O2S. The van der Waals surface area contributed by atoms with E-state index in [4.69, 9.17) is 0 Å². The van der Waals surface area contributed by atoms with Crippen molar-refractivity contribution in [2.75, 3.05) is 4.72 Å². The number of hydrogen-bond acceptors (Lipinski definition) is 3. The lowest BCUT2D eigenvalue weighted by molar-refractivity contribution is 0.570. The highest BCUT2D eigenvalue weighted by Gasteiger charge is 2.20. The molecule has 0 aliphatic heterocycles. The number of hydrogen-bond donors (Lipinski definition) is 1. The fourth-order valence-corrected chi connectivity index (χ4v) is 4.21. The van der Waals surface area contributed by atoms with E-state index >= 15 is 0 Å². The van der Waals surface area contributed by atoms with Crippen LogP contribution in [0.25, 0.3) is 22.2 Å². The molecular weight excluding hydrogens is 375 g/mol. The Kier molecular flexibility index (Phi) is 4.57. The summed E-state index contributed by atoms with van der Waals surface area (Å²) in [6, 6.07) is 22.0. The third-order valence-corrected chi connectivity index (χ3v) is 5.82. The third-order valence-electron chi connectivity index (χ3n) is 4.42. The maximum Gasteiger partial charge on any atom is 0.264 e. The first-order valence-electron chi connectivity index (χ1n) is 8.68. The normalized spacial score (nSPS) is 11.5. The molecule has 4 nitrogen and oxygen atoms in total. The molecule has 4 aromatic rings. The second-order valence-electron chi connectivity index (χ2n) is 6.47. The number of sulfonamides is 1. The number of aryl methyl sites for hydroxylation is 1. The Bertz CT molecular complexity index is 1290. The second-order valence-corrected chi connectivity index (χ2v) is 8.12. The molecule has 0 amide bonds. The smallest absolute Gasteiger partial charge is 0.264 e. The maximum absolute atomic E-state index is 14.0.